The summed E-state index contributed by atoms with van der Waals surface area (Å²) in [6.07, 6.45) is 3.35. The van der Waals surface area contributed by atoms with Crippen molar-refractivity contribution in [1.82, 2.24) is 15.2 Å². The van der Waals surface area contributed by atoms with E-state index in [0.29, 0.717) is 23.1 Å². The van der Waals surface area contributed by atoms with Crippen LogP contribution in [0.2, 0.25) is 0 Å². The molecule has 2 aromatic rings. The predicted octanol–water partition coefficient (Wildman–Crippen LogP) is 2.70. The van der Waals surface area contributed by atoms with Crippen LogP contribution in [0.3, 0.4) is 0 Å². The van der Waals surface area contributed by atoms with Gasteiger partial charge in [0, 0.05) is 43.1 Å². The molecular weight excluding hydrogens is 290 g/mol. The highest BCUT2D eigenvalue weighted by Crippen LogP contribution is 2.23. The lowest BCUT2D eigenvalue weighted by molar-refractivity contribution is 0.0602. The van der Waals surface area contributed by atoms with E-state index in [1.54, 1.807) is 30.6 Å². The van der Waals surface area contributed by atoms with Gasteiger partial charge in [-0.05, 0) is 44.2 Å². The lowest BCUT2D eigenvalue weighted by atomic mass is 10.1. The van der Waals surface area contributed by atoms with E-state index < -0.39 is 0 Å². The second-order valence-corrected chi connectivity index (χ2v) is 5.79. The quantitative estimate of drug-likeness (QED) is 0.947. The zero-order valence-electron chi connectivity index (χ0n) is 13.4. The summed E-state index contributed by atoms with van der Waals surface area (Å²) in [5, 5.41) is 3.39. The minimum Gasteiger partial charge on any atom is -0.457 e. The number of carbonyl (C=O) groups is 1. The molecule has 5 nitrogen and oxygen atoms in total. The molecule has 1 fully saturated rings. The summed E-state index contributed by atoms with van der Waals surface area (Å²) in [5.41, 5.74) is 0.650. The number of hydrogen-bond donors (Lipinski definition) is 1. The van der Waals surface area contributed by atoms with Crippen molar-refractivity contribution in [3.05, 3.63) is 54.4 Å². The van der Waals surface area contributed by atoms with Crippen molar-refractivity contribution in [2.24, 2.45) is 0 Å². The van der Waals surface area contributed by atoms with E-state index >= 15 is 0 Å². The zero-order chi connectivity index (χ0) is 16.2. The second kappa shape index (κ2) is 6.79. The van der Waals surface area contributed by atoms with Crippen LogP contribution in [0.4, 0.5) is 0 Å². The maximum Gasteiger partial charge on any atom is 0.254 e. The van der Waals surface area contributed by atoms with Crippen LogP contribution in [-0.4, -0.2) is 41.0 Å². The second-order valence-electron chi connectivity index (χ2n) is 5.79. The Hall–Kier alpha value is -2.40. The van der Waals surface area contributed by atoms with Gasteiger partial charge in [0.2, 0.25) is 0 Å². The molecule has 1 amide bonds. The van der Waals surface area contributed by atoms with Crippen LogP contribution in [0, 0.1) is 0 Å². The fraction of sp³-hybridized carbons (Fsp3) is 0.333. The summed E-state index contributed by atoms with van der Waals surface area (Å²) in [5.74, 6) is 1.40. The van der Waals surface area contributed by atoms with Gasteiger partial charge in [-0.3, -0.25) is 9.78 Å². The number of benzene rings is 1. The number of hydrogen-bond acceptors (Lipinski definition) is 4. The van der Waals surface area contributed by atoms with Crippen LogP contribution in [0.15, 0.2) is 48.8 Å². The van der Waals surface area contributed by atoms with E-state index in [-0.39, 0.29) is 11.9 Å². The van der Waals surface area contributed by atoms with Gasteiger partial charge in [0.05, 0.1) is 0 Å². The molecule has 1 aromatic heterocycles. The molecule has 2 unspecified atom stereocenters. The van der Waals surface area contributed by atoms with Crippen molar-refractivity contribution in [3.8, 4) is 11.5 Å². The number of rotatable bonds is 3. The highest BCUT2D eigenvalue weighted by Gasteiger charge is 2.28. The maximum absolute atomic E-state index is 12.8. The first-order valence-corrected chi connectivity index (χ1v) is 7.87. The van der Waals surface area contributed by atoms with E-state index in [1.807, 2.05) is 23.1 Å². The average molecular weight is 311 g/mol. The summed E-state index contributed by atoms with van der Waals surface area (Å²) in [6, 6.07) is 11.4. The molecule has 23 heavy (non-hydrogen) atoms. The first-order chi connectivity index (χ1) is 11.1. The monoisotopic (exact) mass is 311 g/mol. The fourth-order valence-electron chi connectivity index (χ4n) is 2.74. The molecule has 1 aromatic carbocycles. The molecule has 120 valence electrons. The third kappa shape index (κ3) is 3.51. The van der Waals surface area contributed by atoms with Gasteiger partial charge in [0.1, 0.15) is 11.5 Å². The Morgan fingerprint density at radius 1 is 1.22 bits per heavy atom. The number of ether oxygens (including phenoxy) is 1. The molecule has 0 radical (unpaired) electrons. The topological polar surface area (TPSA) is 54.5 Å². The van der Waals surface area contributed by atoms with Crippen LogP contribution in [0.25, 0.3) is 0 Å². The van der Waals surface area contributed by atoms with Crippen molar-refractivity contribution in [1.29, 1.82) is 0 Å². The fourth-order valence-corrected chi connectivity index (χ4v) is 2.74. The summed E-state index contributed by atoms with van der Waals surface area (Å²) in [7, 11) is 0. The molecule has 0 bridgehead atoms. The Bertz CT molecular complexity index is 675. The largest absolute Gasteiger partial charge is 0.457 e. The summed E-state index contributed by atoms with van der Waals surface area (Å²) in [4.78, 5) is 18.7. The average Bonchev–Trinajstić information content (AvgIpc) is 2.58. The minimum atomic E-state index is 0.0472. The van der Waals surface area contributed by atoms with Gasteiger partial charge >= 0.3 is 0 Å². The summed E-state index contributed by atoms with van der Waals surface area (Å²) in [6.45, 7) is 5.73. The van der Waals surface area contributed by atoms with Crippen LogP contribution >= 0.6 is 0 Å². The Kier molecular flexibility index (Phi) is 4.57. The number of aromatic nitrogens is 1. The molecule has 0 saturated carbocycles. The standard InChI is InChI=1S/C18H21N3O2/c1-13-14(2)21(11-10-20-13)18(22)15-4-3-5-17(12-15)23-16-6-8-19-9-7-16/h3-9,12-14,20H,10-11H2,1-2H3. The van der Waals surface area contributed by atoms with Gasteiger partial charge in [0.25, 0.3) is 5.91 Å². The molecule has 1 aliphatic rings. The SMILES string of the molecule is CC1NCCN(C(=O)c2cccc(Oc3ccncc3)c2)C1C. The van der Waals surface area contributed by atoms with Crippen molar-refractivity contribution in [3.63, 3.8) is 0 Å². The number of amides is 1. The molecule has 0 aliphatic carbocycles. The van der Waals surface area contributed by atoms with E-state index in [4.69, 9.17) is 4.74 Å². The first kappa shape index (κ1) is 15.5. The van der Waals surface area contributed by atoms with Crippen molar-refractivity contribution in [2.75, 3.05) is 13.1 Å². The lowest BCUT2D eigenvalue weighted by Gasteiger charge is -2.38. The number of piperazine rings is 1. The third-order valence-electron chi connectivity index (χ3n) is 4.26. The molecule has 2 heterocycles. The van der Waals surface area contributed by atoms with Gasteiger partial charge in [0.15, 0.2) is 0 Å². The highest BCUT2D eigenvalue weighted by atomic mass is 16.5. The van der Waals surface area contributed by atoms with Crippen LogP contribution in [-0.2, 0) is 0 Å². The highest BCUT2D eigenvalue weighted by molar-refractivity contribution is 5.95. The van der Waals surface area contributed by atoms with Gasteiger partial charge in [-0.25, -0.2) is 0 Å². The minimum absolute atomic E-state index is 0.0472. The molecular formula is C18H21N3O2. The maximum atomic E-state index is 12.8. The van der Waals surface area contributed by atoms with Gasteiger partial charge < -0.3 is 15.0 Å². The van der Waals surface area contributed by atoms with Crippen molar-refractivity contribution in [2.45, 2.75) is 25.9 Å². The number of carbonyl (C=O) groups excluding carboxylic acids is 1. The number of pyridine rings is 1. The Labute approximate surface area is 136 Å². The first-order valence-electron chi connectivity index (χ1n) is 7.87. The Balaban J connectivity index is 1.78. The zero-order valence-corrected chi connectivity index (χ0v) is 13.4. The van der Waals surface area contributed by atoms with Gasteiger partial charge in [-0.15, -0.1) is 0 Å². The van der Waals surface area contributed by atoms with Crippen LogP contribution < -0.4 is 10.1 Å². The van der Waals surface area contributed by atoms with E-state index in [1.165, 1.54) is 0 Å². The van der Waals surface area contributed by atoms with E-state index in [2.05, 4.69) is 24.1 Å². The molecule has 1 aliphatic heterocycles. The Morgan fingerprint density at radius 2 is 2.00 bits per heavy atom. The van der Waals surface area contributed by atoms with Gasteiger partial charge in [-0.2, -0.15) is 0 Å². The van der Waals surface area contributed by atoms with Crippen molar-refractivity contribution >= 4 is 5.91 Å². The molecule has 1 saturated heterocycles. The summed E-state index contributed by atoms with van der Waals surface area (Å²) >= 11 is 0. The van der Waals surface area contributed by atoms with Crippen LogP contribution in [0.1, 0.15) is 24.2 Å². The predicted molar refractivity (Wildman–Crippen MR) is 88.7 cm³/mol. The normalized spacial score (nSPS) is 21.0. The van der Waals surface area contributed by atoms with Crippen LogP contribution in [0.5, 0.6) is 11.5 Å². The molecule has 3 rings (SSSR count). The summed E-state index contributed by atoms with van der Waals surface area (Å²) < 4.78 is 5.78. The number of nitrogens with one attached hydrogen (secondary N) is 1. The molecule has 0 spiro atoms. The lowest BCUT2D eigenvalue weighted by Crippen LogP contribution is -2.57. The molecule has 1 N–H and O–H groups in total. The smallest absolute Gasteiger partial charge is 0.254 e. The Morgan fingerprint density at radius 3 is 2.78 bits per heavy atom. The molecule has 2 atom stereocenters. The van der Waals surface area contributed by atoms with Crippen molar-refractivity contribution < 1.29 is 9.53 Å². The van der Waals surface area contributed by atoms with E-state index in [0.717, 1.165) is 13.1 Å². The third-order valence-corrected chi connectivity index (χ3v) is 4.26. The van der Waals surface area contributed by atoms with Gasteiger partial charge in [-0.1, -0.05) is 6.07 Å². The molecule has 5 heteroatoms. The number of nitrogens with zero attached hydrogens (tertiary/aromatic N) is 2. The van der Waals surface area contributed by atoms with E-state index in [9.17, 15) is 4.79 Å².